The fourth-order valence-corrected chi connectivity index (χ4v) is 6.38. The summed E-state index contributed by atoms with van der Waals surface area (Å²) in [4.78, 5) is 3.37. The molecule has 160 valence electrons. The third kappa shape index (κ3) is 4.51. The molecule has 0 saturated carbocycles. The number of methoxy groups -OCH3 is 1. The molecular formula is C20H24N4O3S3. The van der Waals surface area contributed by atoms with E-state index in [2.05, 4.69) is 11.0 Å². The van der Waals surface area contributed by atoms with Crippen LogP contribution in [0.25, 0.3) is 11.4 Å². The normalized spacial score (nSPS) is 18.2. The summed E-state index contributed by atoms with van der Waals surface area (Å²) in [5, 5.41) is 6.79. The lowest BCUT2D eigenvalue weighted by Crippen LogP contribution is -2.37. The molecule has 3 heterocycles. The maximum atomic E-state index is 12.1. The maximum Gasteiger partial charge on any atom is 0.199 e. The standard InChI is InChI=1S/C20H24N4O3S3/c1-22-19(15-5-7-17(27-2)8-6-15)21-24(20(22)28)14-23(12-18-4-3-10-29-18)16-9-11-30(25,26)13-16/h3-8,10,16H,9,11-14H2,1-2H3/t16-/m0/s1. The van der Waals surface area contributed by atoms with Gasteiger partial charge >= 0.3 is 0 Å². The van der Waals surface area contributed by atoms with Gasteiger partial charge in [-0.15, -0.1) is 11.3 Å². The molecule has 4 rings (SSSR count). The molecule has 0 aliphatic carbocycles. The van der Waals surface area contributed by atoms with Crippen LogP contribution in [-0.2, 0) is 30.1 Å². The first-order valence-electron chi connectivity index (χ1n) is 9.61. The predicted molar refractivity (Wildman–Crippen MR) is 121 cm³/mol. The van der Waals surface area contributed by atoms with Crippen molar-refractivity contribution in [2.24, 2.45) is 7.05 Å². The highest BCUT2D eigenvalue weighted by Crippen LogP contribution is 2.24. The maximum absolute atomic E-state index is 12.1. The SMILES string of the molecule is COc1ccc(-c2nn(CN(Cc3cccs3)[C@H]3CCS(=O)(=O)C3)c(=S)n2C)cc1. The molecule has 0 N–H and O–H groups in total. The molecule has 1 atom stereocenters. The van der Waals surface area contributed by atoms with Crippen molar-refractivity contribution in [2.75, 3.05) is 18.6 Å². The Kier molecular flexibility index (Phi) is 6.10. The van der Waals surface area contributed by atoms with Crippen molar-refractivity contribution < 1.29 is 13.2 Å². The van der Waals surface area contributed by atoms with Crippen molar-refractivity contribution in [1.29, 1.82) is 0 Å². The van der Waals surface area contributed by atoms with E-state index in [-0.39, 0.29) is 17.5 Å². The van der Waals surface area contributed by atoms with E-state index in [0.29, 0.717) is 24.4 Å². The Hall–Kier alpha value is -2.01. The number of sulfone groups is 1. The lowest BCUT2D eigenvalue weighted by molar-refractivity contribution is 0.147. The van der Waals surface area contributed by atoms with E-state index in [4.69, 9.17) is 22.1 Å². The Labute approximate surface area is 185 Å². The van der Waals surface area contributed by atoms with Gasteiger partial charge < -0.3 is 9.30 Å². The summed E-state index contributed by atoms with van der Waals surface area (Å²) in [7, 11) is 0.548. The summed E-state index contributed by atoms with van der Waals surface area (Å²) in [6.45, 7) is 1.12. The summed E-state index contributed by atoms with van der Waals surface area (Å²) in [5.74, 6) is 1.97. The molecule has 0 amide bonds. The average molecular weight is 465 g/mol. The average Bonchev–Trinajstić information content (AvgIpc) is 3.44. The molecule has 30 heavy (non-hydrogen) atoms. The summed E-state index contributed by atoms with van der Waals surface area (Å²) < 4.78 is 33.7. The van der Waals surface area contributed by atoms with E-state index in [0.717, 1.165) is 17.1 Å². The van der Waals surface area contributed by atoms with E-state index in [9.17, 15) is 8.42 Å². The molecule has 10 heteroatoms. The van der Waals surface area contributed by atoms with Crippen LogP contribution in [0.1, 0.15) is 11.3 Å². The van der Waals surface area contributed by atoms with Crippen molar-refractivity contribution >= 4 is 33.4 Å². The first kappa shape index (κ1) is 21.2. The fraction of sp³-hybridized carbons (Fsp3) is 0.400. The number of aromatic nitrogens is 3. The van der Waals surface area contributed by atoms with E-state index in [1.807, 2.05) is 47.3 Å². The van der Waals surface area contributed by atoms with Gasteiger partial charge in [-0.1, -0.05) is 6.07 Å². The highest BCUT2D eigenvalue weighted by atomic mass is 32.2. The number of hydrogen-bond acceptors (Lipinski definition) is 7. The number of rotatable bonds is 7. The molecule has 2 aromatic heterocycles. The fourth-order valence-electron chi connectivity index (χ4n) is 3.70. The van der Waals surface area contributed by atoms with E-state index in [1.54, 1.807) is 23.1 Å². The van der Waals surface area contributed by atoms with Gasteiger partial charge in [0.05, 0.1) is 25.3 Å². The summed E-state index contributed by atoms with van der Waals surface area (Å²) in [5.41, 5.74) is 0.941. The molecule has 1 aliphatic rings. The number of ether oxygens (including phenoxy) is 1. The van der Waals surface area contributed by atoms with Crippen LogP contribution in [0.15, 0.2) is 41.8 Å². The van der Waals surface area contributed by atoms with Crippen LogP contribution in [0.3, 0.4) is 0 Å². The number of nitrogens with zero attached hydrogens (tertiary/aromatic N) is 4. The second kappa shape index (κ2) is 8.62. The molecule has 3 aromatic rings. The van der Waals surface area contributed by atoms with Crippen molar-refractivity contribution in [3.05, 3.63) is 51.4 Å². The summed E-state index contributed by atoms with van der Waals surface area (Å²) >= 11 is 7.31. The van der Waals surface area contributed by atoms with Gasteiger partial charge in [-0.3, -0.25) is 4.90 Å². The van der Waals surface area contributed by atoms with Gasteiger partial charge in [0, 0.05) is 30.1 Å². The van der Waals surface area contributed by atoms with Crippen molar-refractivity contribution in [2.45, 2.75) is 25.7 Å². The molecule has 1 aromatic carbocycles. The van der Waals surface area contributed by atoms with Crippen LogP contribution in [0.5, 0.6) is 5.75 Å². The minimum Gasteiger partial charge on any atom is -0.497 e. The molecule has 1 aliphatic heterocycles. The monoisotopic (exact) mass is 464 g/mol. The van der Waals surface area contributed by atoms with Crippen molar-refractivity contribution in [1.82, 2.24) is 19.2 Å². The molecular weight excluding hydrogens is 440 g/mol. The lowest BCUT2D eigenvalue weighted by Gasteiger charge is -2.27. The van der Waals surface area contributed by atoms with Gasteiger partial charge in [0.2, 0.25) is 0 Å². The largest absolute Gasteiger partial charge is 0.497 e. The van der Waals surface area contributed by atoms with Crippen LogP contribution in [0.2, 0.25) is 0 Å². The third-order valence-electron chi connectivity index (χ3n) is 5.37. The van der Waals surface area contributed by atoms with Crippen LogP contribution in [-0.4, -0.2) is 52.3 Å². The van der Waals surface area contributed by atoms with Crippen molar-refractivity contribution in [3.8, 4) is 17.1 Å². The Balaban J connectivity index is 1.63. The van der Waals surface area contributed by atoms with Gasteiger partial charge in [0.15, 0.2) is 20.4 Å². The Morgan fingerprint density at radius 3 is 2.67 bits per heavy atom. The van der Waals surface area contributed by atoms with Crippen LogP contribution < -0.4 is 4.74 Å². The van der Waals surface area contributed by atoms with Crippen molar-refractivity contribution in [3.63, 3.8) is 0 Å². The van der Waals surface area contributed by atoms with Crippen LogP contribution >= 0.6 is 23.6 Å². The number of hydrogen-bond donors (Lipinski definition) is 0. The Morgan fingerprint density at radius 1 is 1.30 bits per heavy atom. The van der Waals surface area contributed by atoms with Crippen LogP contribution in [0, 0.1) is 4.77 Å². The molecule has 1 fully saturated rings. The van der Waals surface area contributed by atoms with Gasteiger partial charge in [-0.2, -0.15) is 5.10 Å². The highest BCUT2D eigenvalue weighted by Gasteiger charge is 2.33. The lowest BCUT2D eigenvalue weighted by atomic mass is 10.2. The number of thiophene rings is 1. The molecule has 0 unspecified atom stereocenters. The molecule has 7 nitrogen and oxygen atoms in total. The highest BCUT2D eigenvalue weighted by molar-refractivity contribution is 7.91. The molecule has 0 bridgehead atoms. The first-order valence-corrected chi connectivity index (χ1v) is 12.7. The van der Waals surface area contributed by atoms with E-state index >= 15 is 0 Å². The predicted octanol–water partition coefficient (Wildman–Crippen LogP) is 3.33. The summed E-state index contributed by atoms with van der Waals surface area (Å²) in [6, 6.07) is 11.7. The minimum atomic E-state index is -2.99. The Bertz CT molecular complexity index is 1170. The topological polar surface area (TPSA) is 69.4 Å². The Morgan fingerprint density at radius 2 is 2.07 bits per heavy atom. The minimum absolute atomic E-state index is 0.0366. The first-order chi connectivity index (χ1) is 14.4. The van der Waals surface area contributed by atoms with Gasteiger partial charge in [-0.25, -0.2) is 13.1 Å². The third-order valence-corrected chi connectivity index (χ3v) is 8.46. The van der Waals surface area contributed by atoms with Gasteiger partial charge in [0.1, 0.15) is 5.75 Å². The van der Waals surface area contributed by atoms with E-state index in [1.165, 1.54) is 4.88 Å². The van der Waals surface area contributed by atoms with Gasteiger partial charge in [-0.05, 0) is 54.4 Å². The zero-order valence-corrected chi connectivity index (χ0v) is 19.3. The quantitative estimate of drug-likeness (QED) is 0.500. The zero-order chi connectivity index (χ0) is 21.3. The molecule has 1 saturated heterocycles. The second-order valence-electron chi connectivity index (χ2n) is 7.42. The van der Waals surface area contributed by atoms with Crippen LogP contribution in [0.4, 0.5) is 0 Å². The molecule has 0 radical (unpaired) electrons. The smallest absolute Gasteiger partial charge is 0.199 e. The summed E-state index contributed by atoms with van der Waals surface area (Å²) in [6.07, 6.45) is 0.638. The molecule has 0 spiro atoms. The second-order valence-corrected chi connectivity index (χ2v) is 11.0. The van der Waals surface area contributed by atoms with Gasteiger partial charge in [0.25, 0.3) is 0 Å². The van der Waals surface area contributed by atoms with E-state index < -0.39 is 9.84 Å². The number of benzene rings is 1. The zero-order valence-electron chi connectivity index (χ0n) is 16.9.